The van der Waals surface area contributed by atoms with Gasteiger partial charge < -0.3 is 19.3 Å². The minimum absolute atomic E-state index is 0.152. The minimum Gasteiger partial charge on any atom is -0.405 e. The SMILES string of the molecule is O=C1OC2(CCCN(c3ccccc3CCN3CCC(c4ccccc4F)C3)C2=O)OC1=O. The van der Waals surface area contributed by atoms with Crippen molar-refractivity contribution >= 4 is 23.5 Å². The van der Waals surface area contributed by atoms with Crippen LogP contribution in [-0.4, -0.2) is 54.7 Å². The lowest BCUT2D eigenvalue weighted by Crippen LogP contribution is -2.55. The Balaban J connectivity index is 1.28. The van der Waals surface area contributed by atoms with Crippen LogP contribution in [0, 0.1) is 5.82 Å². The number of hydrogen-bond acceptors (Lipinski definition) is 6. The molecule has 2 aromatic rings. The molecule has 3 heterocycles. The van der Waals surface area contributed by atoms with Crippen molar-refractivity contribution in [2.75, 3.05) is 31.1 Å². The van der Waals surface area contributed by atoms with E-state index in [-0.39, 0.29) is 18.2 Å². The molecule has 1 unspecified atom stereocenters. The van der Waals surface area contributed by atoms with Crippen molar-refractivity contribution in [3.8, 4) is 0 Å². The first-order chi connectivity index (χ1) is 16.0. The highest BCUT2D eigenvalue weighted by molar-refractivity contribution is 6.32. The highest BCUT2D eigenvalue weighted by atomic mass is 19.1. The molecular formula is C25H25FN2O5. The Hall–Kier alpha value is -3.26. The van der Waals surface area contributed by atoms with Crippen molar-refractivity contribution < 1.29 is 28.2 Å². The fourth-order valence-electron chi connectivity index (χ4n) is 5.07. The Bertz CT molecular complexity index is 1090. The van der Waals surface area contributed by atoms with E-state index in [9.17, 15) is 18.8 Å². The van der Waals surface area contributed by atoms with Crippen LogP contribution in [0.2, 0.25) is 0 Å². The molecule has 33 heavy (non-hydrogen) atoms. The van der Waals surface area contributed by atoms with Gasteiger partial charge in [0.25, 0.3) is 0 Å². The Morgan fingerprint density at radius 1 is 0.970 bits per heavy atom. The number of ether oxygens (including phenoxy) is 2. The molecule has 172 valence electrons. The number of halogens is 1. The Kier molecular flexibility index (Phi) is 5.62. The fourth-order valence-corrected chi connectivity index (χ4v) is 5.07. The number of rotatable bonds is 5. The molecule has 1 amide bonds. The molecule has 1 spiro atoms. The van der Waals surface area contributed by atoms with Gasteiger partial charge in [-0.2, -0.15) is 0 Å². The molecule has 1 atom stereocenters. The summed E-state index contributed by atoms with van der Waals surface area (Å²) in [5.74, 6) is -4.60. The third-order valence-electron chi connectivity index (χ3n) is 6.74. The van der Waals surface area contributed by atoms with Gasteiger partial charge in [-0.15, -0.1) is 0 Å². The first-order valence-corrected chi connectivity index (χ1v) is 11.3. The quantitative estimate of drug-likeness (QED) is 0.513. The molecule has 0 radical (unpaired) electrons. The van der Waals surface area contributed by atoms with Gasteiger partial charge in [0.1, 0.15) is 5.82 Å². The highest BCUT2D eigenvalue weighted by Crippen LogP contribution is 2.36. The molecule has 0 aromatic heterocycles. The number of esters is 2. The Morgan fingerprint density at radius 2 is 1.70 bits per heavy atom. The average molecular weight is 452 g/mol. The van der Waals surface area contributed by atoms with Crippen molar-refractivity contribution in [2.24, 2.45) is 0 Å². The zero-order chi connectivity index (χ0) is 23.0. The number of benzene rings is 2. The van der Waals surface area contributed by atoms with Crippen LogP contribution in [0.3, 0.4) is 0 Å². The van der Waals surface area contributed by atoms with E-state index in [0.29, 0.717) is 19.4 Å². The second-order valence-corrected chi connectivity index (χ2v) is 8.78. The van der Waals surface area contributed by atoms with Crippen LogP contribution in [0.1, 0.15) is 36.3 Å². The summed E-state index contributed by atoms with van der Waals surface area (Å²) >= 11 is 0. The molecule has 3 saturated heterocycles. The molecule has 0 bridgehead atoms. The van der Waals surface area contributed by atoms with Gasteiger partial charge in [-0.1, -0.05) is 36.4 Å². The maximum absolute atomic E-state index is 14.2. The summed E-state index contributed by atoms with van der Waals surface area (Å²) in [6, 6.07) is 14.6. The first-order valence-electron chi connectivity index (χ1n) is 11.3. The molecule has 0 aliphatic carbocycles. The number of nitrogens with zero attached hydrogens (tertiary/aromatic N) is 2. The van der Waals surface area contributed by atoms with Gasteiger partial charge in [0, 0.05) is 37.7 Å². The summed E-state index contributed by atoms with van der Waals surface area (Å²) in [5, 5.41) is 0. The van der Waals surface area contributed by atoms with Gasteiger partial charge in [0.2, 0.25) is 0 Å². The normalized spacial score (nSPS) is 22.6. The molecule has 0 N–H and O–H groups in total. The van der Waals surface area contributed by atoms with E-state index in [1.54, 1.807) is 11.0 Å². The third-order valence-corrected chi connectivity index (χ3v) is 6.74. The molecule has 5 rings (SSSR count). The number of para-hydroxylation sites is 1. The van der Waals surface area contributed by atoms with Gasteiger partial charge in [-0.3, -0.25) is 4.79 Å². The van der Waals surface area contributed by atoms with Gasteiger partial charge in [-0.25, -0.2) is 14.0 Å². The molecule has 8 heteroatoms. The van der Waals surface area contributed by atoms with Crippen LogP contribution in [0.4, 0.5) is 10.1 Å². The third kappa shape index (κ3) is 3.99. The lowest BCUT2D eigenvalue weighted by atomic mass is 9.98. The minimum atomic E-state index is -1.85. The maximum Gasteiger partial charge on any atom is 0.421 e. The zero-order valence-corrected chi connectivity index (χ0v) is 18.2. The molecule has 7 nitrogen and oxygen atoms in total. The number of likely N-dealkylation sites (tertiary alicyclic amines) is 1. The predicted molar refractivity (Wildman–Crippen MR) is 117 cm³/mol. The zero-order valence-electron chi connectivity index (χ0n) is 18.2. The van der Waals surface area contributed by atoms with Gasteiger partial charge in [0.05, 0.1) is 0 Å². The summed E-state index contributed by atoms with van der Waals surface area (Å²) < 4.78 is 24.3. The fraction of sp³-hybridized carbons (Fsp3) is 0.400. The Labute approximate surface area is 191 Å². The number of carbonyl (C=O) groups is 3. The number of hydrogen-bond donors (Lipinski definition) is 0. The number of amides is 1. The highest BCUT2D eigenvalue weighted by Gasteiger charge is 2.58. The average Bonchev–Trinajstić information content (AvgIpc) is 3.39. The van der Waals surface area contributed by atoms with Crippen LogP contribution < -0.4 is 4.90 Å². The molecule has 3 aliphatic heterocycles. The van der Waals surface area contributed by atoms with Crippen molar-refractivity contribution in [3.63, 3.8) is 0 Å². The van der Waals surface area contributed by atoms with Crippen molar-refractivity contribution in [2.45, 2.75) is 37.4 Å². The van der Waals surface area contributed by atoms with E-state index in [4.69, 9.17) is 9.47 Å². The van der Waals surface area contributed by atoms with E-state index in [2.05, 4.69) is 4.90 Å². The second-order valence-electron chi connectivity index (χ2n) is 8.78. The summed E-state index contributed by atoms with van der Waals surface area (Å²) in [4.78, 5) is 40.3. The standard InChI is InChI=1S/C25H25FN2O5/c26-20-8-3-2-7-19(20)18-11-15-27(16-18)14-10-17-6-1-4-9-21(17)28-13-5-12-25(24(28)31)32-22(29)23(30)33-25/h1-4,6-9,18H,5,10-16H2. The van der Waals surface area contributed by atoms with E-state index in [1.165, 1.54) is 6.07 Å². The van der Waals surface area contributed by atoms with Crippen molar-refractivity contribution in [1.29, 1.82) is 0 Å². The molecule has 3 fully saturated rings. The van der Waals surface area contributed by atoms with E-state index in [0.717, 1.165) is 42.9 Å². The van der Waals surface area contributed by atoms with E-state index >= 15 is 0 Å². The van der Waals surface area contributed by atoms with Gasteiger partial charge in [-0.05, 0) is 49.1 Å². The summed E-state index contributed by atoms with van der Waals surface area (Å²) in [5.41, 5.74) is 2.48. The van der Waals surface area contributed by atoms with Gasteiger partial charge >= 0.3 is 23.6 Å². The van der Waals surface area contributed by atoms with Crippen LogP contribution in [0.15, 0.2) is 48.5 Å². The van der Waals surface area contributed by atoms with Crippen LogP contribution in [0.5, 0.6) is 0 Å². The lowest BCUT2D eigenvalue weighted by molar-refractivity contribution is -0.192. The smallest absolute Gasteiger partial charge is 0.405 e. The molecule has 0 saturated carbocycles. The van der Waals surface area contributed by atoms with Crippen molar-refractivity contribution in [3.05, 3.63) is 65.5 Å². The van der Waals surface area contributed by atoms with Gasteiger partial charge in [0.15, 0.2) is 0 Å². The predicted octanol–water partition coefficient (Wildman–Crippen LogP) is 2.78. The number of anilines is 1. The number of piperidine rings is 1. The van der Waals surface area contributed by atoms with E-state index < -0.39 is 23.6 Å². The van der Waals surface area contributed by atoms with Crippen LogP contribution in [-0.2, 0) is 30.3 Å². The maximum atomic E-state index is 14.2. The molecule has 2 aromatic carbocycles. The molecular weight excluding hydrogens is 427 g/mol. The topological polar surface area (TPSA) is 76.2 Å². The van der Waals surface area contributed by atoms with Crippen LogP contribution >= 0.6 is 0 Å². The largest absolute Gasteiger partial charge is 0.421 e. The lowest BCUT2D eigenvalue weighted by Gasteiger charge is -2.36. The monoisotopic (exact) mass is 452 g/mol. The summed E-state index contributed by atoms with van der Waals surface area (Å²) in [6.07, 6.45) is 2.31. The van der Waals surface area contributed by atoms with Crippen molar-refractivity contribution in [1.82, 2.24) is 4.90 Å². The van der Waals surface area contributed by atoms with Crippen LogP contribution in [0.25, 0.3) is 0 Å². The Morgan fingerprint density at radius 3 is 2.48 bits per heavy atom. The number of carbonyl (C=O) groups excluding carboxylic acids is 3. The molecule has 3 aliphatic rings. The first kappa shape index (κ1) is 21.6. The van der Waals surface area contributed by atoms with E-state index in [1.807, 2.05) is 36.4 Å². The summed E-state index contributed by atoms with van der Waals surface area (Å²) in [6.45, 7) is 2.91. The summed E-state index contributed by atoms with van der Waals surface area (Å²) in [7, 11) is 0. The second kappa shape index (κ2) is 8.59.